The minimum atomic E-state index is -0.449. The summed E-state index contributed by atoms with van der Waals surface area (Å²) in [5.74, 6) is 0.762. The van der Waals surface area contributed by atoms with Crippen LogP contribution in [0.4, 0.5) is 0 Å². The van der Waals surface area contributed by atoms with Gasteiger partial charge in [-0.25, -0.2) is 0 Å². The standard InChI is InChI=1S/C17H25BO5/c1-16(2)17(3,4)23-18(22-16)14-8-7-12(19-5)11-13(14)15-20-9-6-10-21-15/h7-8,11,15H,6,9-10H2,1-5H3. The molecular weight excluding hydrogens is 295 g/mol. The van der Waals surface area contributed by atoms with Crippen molar-refractivity contribution in [2.45, 2.75) is 51.6 Å². The fourth-order valence-corrected chi connectivity index (χ4v) is 2.74. The summed E-state index contributed by atoms with van der Waals surface area (Å²) in [4.78, 5) is 0. The minimum Gasteiger partial charge on any atom is -0.497 e. The van der Waals surface area contributed by atoms with Gasteiger partial charge in [-0.05, 0) is 51.7 Å². The SMILES string of the molecule is COc1ccc(B2OC(C)(C)C(C)(C)O2)c(C2OCCCO2)c1. The van der Waals surface area contributed by atoms with E-state index in [9.17, 15) is 0 Å². The number of methoxy groups -OCH3 is 1. The van der Waals surface area contributed by atoms with Gasteiger partial charge in [0.2, 0.25) is 0 Å². The van der Waals surface area contributed by atoms with Gasteiger partial charge in [0.25, 0.3) is 0 Å². The predicted molar refractivity (Wildman–Crippen MR) is 88.0 cm³/mol. The van der Waals surface area contributed by atoms with Gasteiger partial charge in [0, 0.05) is 5.56 Å². The number of hydrogen-bond acceptors (Lipinski definition) is 5. The van der Waals surface area contributed by atoms with Gasteiger partial charge in [-0.1, -0.05) is 6.07 Å². The highest BCUT2D eigenvalue weighted by Crippen LogP contribution is 2.37. The molecule has 0 bridgehead atoms. The zero-order valence-electron chi connectivity index (χ0n) is 14.5. The maximum absolute atomic E-state index is 6.18. The Morgan fingerprint density at radius 2 is 1.65 bits per heavy atom. The molecule has 2 saturated heterocycles. The first kappa shape index (κ1) is 16.8. The van der Waals surface area contributed by atoms with Crippen molar-refractivity contribution < 1.29 is 23.5 Å². The quantitative estimate of drug-likeness (QED) is 0.801. The average molecular weight is 320 g/mol. The van der Waals surface area contributed by atoms with Gasteiger partial charge < -0.3 is 23.5 Å². The molecule has 1 aromatic rings. The summed E-state index contributed by atoms with van der Waals surface area (Å²) in [6.07, 6.45) is 0.500. The monoisotopic (exact) mass is 320 g/mol. The summed E-state index contributed by atoms with van der Waals surface area (Å²) >= 11 is 0. The molecule has 0 radical (unpaired) electrons. The Morgan fingerprint density at radius 3 is 2.22 bits per heavy atom. The summed E-state index contributed by atoms with van der Waals surface area (Å²) < 4.78 is 29.3. The third kappa shape index (κ3) is 3.13. The van der Waals surface area contributed by atoms with E-state index < -0.39 is 13.4 Å². The summed E-state index contributed by atoms with van der Waals surface area (Å²) in [6, 6.07) is 5.82. The first-order chi connectivity index (χ1) is 10.8. The molecule has 3 rings (SSSR count). The molecule has 2 heterocycles. The Morgan fingerprint density at radius 1 is 1.04 bits per heavy atom. The molecule has 0 N–H and O–H groups in total. The molecule has 0 amide bonds. The lowest BCUT2D eigenvalue weighted by Gasteiger charge is -2.32. The van der Waals surface area contributed by atoms with Crippen LogP contribution >= 0.6 is 0 Å². The third-order valence-corrected chi connectivity index (χ3v) is 4.88. The van der Waals surface area contributed by atoms with Gasteiger partial charge in [0.1, 0.15) is 5.75 Å². The summed E-state index contributed by atoms with van der Waals surface area (Å²) in [5, 5.41) is 0. The van der Waals surface area contributed by atoms with Gasteiger partial charge in [-0.3, -0.25) is 0 Å². The van der Waals surface area contributed by atoms with Crippen LogP contribution in [0.25, 0.3) is 0 Å². The Hall–Kier alpha value is -1.08. The summed E-state index contributed by atoms with van der Waals surface area (Å²) in [6.45, 7) is 9.55. The molecule has 0 aromatic heterocycles. The zero-order chi connectivity index (χ0) is 16.7. The van der Waals surface area contributed by atoms with E-state index in [0.29, 0.717) is 13.2 Å². The third-order valence-electron chi connectivity index (χ3n) is 4.88. The second-order valence-corrected chi connectivity index (χ2v) is 7.01. The topological polar surface area (TPSA) is 46.2 Å². The van der Waals surface area contributed by atoms with Gasteiger partial charge in [0.05, 0.1) is 31.5 Å². The summed E-state index contributed by atoms with van der Waals surface area (Å²) in [7, 11) is 1.20. The first-order valence-electron chi connectivity index (χ1n) is 8.11. The van der Waals surface area contributed by atoms with E-state index in [1.165, 1.54) is 0 Å². The van der Waals surface area contributed by atoms with Gasteiger partial charge in [-0.15, -0.1) is 0 Å². The van der Waals surface area contributed by atoms with E-state index in [2.05, 4.69) is 0 Å². The van der Waals surface area contributed by atoms with E-state index in [1.54, 1.807) is 7.11 Å². The highest BCUT2D eigenvalue weighted by Gasteiger charge is 2.52. The molecular formula is C17H25BO5. The van der Waals surface area contributed by atoms with Gasteiger partial charge in [-0.2, -0.15) is 0 Å². The molecule has 6 heteroatoms. The van der Waals surface area contributed by atoms with Crippen molar-refractivity contribution in [1.29, 1.82) is 0 Å². The van der Waals surface area contributed by atoms with Crippen LogP contribution < -0.4 is 10.2 Å². The molecule has 0 saturated carbocycles. The van der Waals surface area contributed by atoms with Crippen molar-refractivity contribution in [2.24, 2.45) is 0 Å². The molecule has 2 fully saturated rings. The molecule has 2 aliphatic heterocycles. The number of benzene rings is 1. The Kier molecular flexibility index (Phi) is 4.44. The second-order valence-electron chi connectivity index (χ2n) is 7.01. The normalized spacial score (nSPS) is 24.0. The van der Waals surface area contributed by atoms with E-state index in [4.69, 9.17) is 23.5 Å². The van der Waals surface area contributed by atoms with E-state index in [0.717, 1.165) is 23.2 Å². The minimum absolute atomic E-state index is 0.386. The predicted octanol–water partition coefficient (Wildman–Crippen LogP) is 2.43. The van der Waals surface area contributed by atoms with Crippen molar-refractivity contribution in [3.8, 4) is 5.75 Å². The first-order valence-corrected chi connectivity index (χ1v) is 8.11. The fourth-order valence-electron chi connectivity index (χ4n) is 2.74. The average Bonchev–Trinajstić information content (AvgIpc) is 2.75. The number of rotatable bonds is 3. The summed E-state index contributed by atoms with van der Waals surface area (Å²) in [5.41, 5.74) is 1.06. The van der Waals surface area contributed by atoms with Crippen LogP contribution in [0.15, 0.2) is 18.2 Å². The van der Waals surface area contributed by atoms with Crippen molar-refractivity contribution in [3.05, 3.63) is 23.8 Å². The highest BCUT2D eigenvalue weighted by molar-refractivity contribution is 6.62. The van der Waals surface area contributed by atoms with E-state index in [1.807, 2.05) is 45.9 Å². The smallest absolute Gasteiger partial charge is 0.495 e. The fraction of sp³-hybridized carbons (Fsp3) is 0.647. The maximum atomic E-state index is 6.18. The Labute approximate surface area is 138 Å². The van der Waals surface area contributed by atoms with Crippen LogP contribution in [0.1, 0.15) is 46.0 Å². The van der Waals surface area contributed by atoms with Crippen molar-refractivity contribution >= 4 is 12.6 Å². The van der Waals surface area contributed by atoms with E-state index >= 15 is 0 Å². The van der Waals surface area contributed by atoms with Gasteiger partial charge in [0.15, 0.2) is 6.29 Å². The second kappa shape index (κ2) is 6.09. The molecule has 5 nitrogen and oxygen atoms in total. The van der Waals surface area contributed by atoms with Crippen molar-refractivity contribution in [1.82, 2.24) is 0 Å². The zero-order valence-corrected chi connectivity index (χ0v) is 14.5. The van der Waals surface area contributed by atoms with Crippen LogP contribution in [-0.4, -0.2) is 38.6 Å². The number of hydrogen-bond donors (Lipinski definition) is 0. The lowest BCUT2D eigenvalue weighted by atomic mass is 9.75. The molecule has 0 unspecified atom stereocenters. The lowest BCUT2D eigenvalue weighted by Crippen LogP contribution is -2.41. The van der Waals surface area contributed by atoms with Crippen LogP contribution in [0.5, 0.6) is 5.75 Å². The van der Waals surface area contributed by atoms with Crippen LogP contribution in [0.3, 0.4) is 0 Å². The number of ether oxygens (including phenoxy) is 3. The Balaban J connectivity index is 1.95. The molecule has 2 aliphatic rings. The molecule has 1 aromatic carbocycles. The molecule has 0 atom stereocenters. The van der Waals surface area contributed by atoms with E-state index in [-0.39, 0.29) is 11.2 Å². The molecule has 0 spiro atoms. The van der Waals surface area contributed by atoms with Crippen molar-refractivity contribution in [2.75, 3.05) is 20.3 Å². The van der Waals surface area contributed by atoms with Crippen molar-refractivity contribution in [3.63, 3.8) is 0 Å². The molecule has 23 heavy (non-hydrogen) atoms. The maximum Gasteiger partial charge on any atom is 0.495 e. The lowest BCUT2D eigenvalue weighted by molar-refractivity contribution is -0.182. The van der Waals surface area contributed by atoms with Crippen LogP contribution in [0.2, 0.25) is 0 Å². The van der Waals surface area contributed by atoms with Crippen LogP contribution in [0, 0.1) is 0 Å². The molecule has 126 valence electrons. The highest BCUT2D eigenvalue weighted by atomic mass is 16.7. The van der Waals surface area contributed by atoms with Crippen LogP contribution in [-0.2, 0) is 18.8 Å². The molecule has 0 aliphatic carbocycles. The Bertz CT molecular complexity index is 550. The largest absolute Gasteiger partial charge is 0.497 e. The van der Waals surface area contributed by atoms with Gasteiger partial charge >= 0.3 is 7.12 Å².